The van der Waals surface area contributed by atoms with Crippen LogP contribution in [0.15, 0.2) is 53.3 Å². The van der Waals surface area contributed by atoms with Crippen LogP contribution in [0, 0.1) is 0 Å². The van der Waals surface area contributed by atoms with Crippen LogP contribution in [-0.2, 0) is 13.1 Å². The molecule has 1 aliphatic rings. The zero-order chi connectivity index (χ0) is 17.8. The van der Waals surface area contributed by atoms with E-state index in [1.807, 2.05) is 30.6 Å². The highest BCUT2D eigenvalue weighted by atomic mass is 16.3. The summed E-state index contributed by atoms with van der Waals surface area (Å²) in [4.78, 5) is 9.20. The Bertz CT molecular complexity index is 791. The molecule has 6 heteroatoms. The van der Waals surface area contributed by atoms with Crippen LogP contribution >= 0.6 is 0 Å². The lowest BCUT2D eigenvalue weighted by molar-refractivity contribution is 0.101. The zero-order valence-corrected chi connectivity index (χ0v) is 15.1. The topological polar surface area (TPSA) is 61.2 Å². The molecule has 3 aromatic heterocycles. The first kappa shape index (κ1) is 17.0. The van der Waals surface area contributed by atoms with Gasteiger partial charge in [-0.3, -0.25) is 15.0 Å². The van der Waals surface area contributed by atoms with Crippen molar-refractivity contribution in [2.45, 2.75) is 32.0 Å². The highest BCUT2D eigenvalue weighted by Gasteiger charge is 2.24. The van der Waals surface area contributed by atoms with Crippen molar-refractivity contribution in [2.75, 3.05) is 20.1 Å². The van der Waals surface area contributed by atoms with Crippen LogP contribution in [0.1, 0.15) is 24.2 Å². The standard InChI is InChI=1S/C20H25N5O/c1-24-11-7-17(8-12-24)25(14-16-3-2-9-21-13-16)15-18-4-5-20(26-18)19-6-10-22-23-19/h2-6,9-10,13,17H,7-8,11-12,14-15H2,1H3,(H,22,23). The molecule has 0 atom stereocenters. The van der Waals surface area contributed by atoms with Crippen LogP contribution in [-0.4, -0.2) is 51.2 Å². The molecule has 0 radical (unpaired) electrons. The van der Waals surface area contributed by atoms with Crippen molar-refractivity contribution in [3.05, 3.63) is 60.2 Å². The lowest BCUT2D eigenvalue weighted by atomic mass is 10.0. The highest BCUT2D eigenvalue weighted by Crippen LogP contribution is 2.24. The van der Waals surface area contributed by atoms with E-state index in [9.17, 15) is 0 Å². The summed E-state index contributed by atoms with van der Waals surface area (Å²) in [7, 11) is 2.20. The van der Waals surface area contributed by atoms with Crippen molar-refractivity contribution < 1.29 is 4.42 Å². The normalized spacial score (nSPS) is 16.4. The van der Waals surface area contributed by atoms with Crippen LogP contribution < -0.4 is 0 Å². The van der Waals surface area contributed by atoms with Crippen LogP contribution in [0.25, 0.3) is 11.5 Å². The molecule has 0 amide bonds. The number of aromatic amines is 1. The van der Waals surface area contributed by atoms with Gasteiger partial charge in [-0.05, 0) is 62.8 Å². The Morgan fingerprint density at radius 3 is 2.77 bits per heavy atom. The first-order chi connectivity index (χ1) is 12.8. The largest absolute Gasteiger partial charge is 0.458 e. The first-order valence-corrected chi connectivity index (χ1v) is 9.18. The quantitative estimate of drug-likeness (QED) is 0.739. The van der Waals surface area contributed by atoms with E-state index in [1.165, 1.54) is 18.4 Å². The summed E-state index contributed by atoms with van der Waals surface area (Å²) in [6.45, 7) is 3.98. The minimum absolute atomic E-state index is 0.562. The number of aromatic nitrogens is 3. The third kappa shape index (κ3) is 4.03. The number of rotatable bonds is 6. The molecule has 4 heterocycles. The first-order valence-electron chi connectivity index (χ1n) is 9.18. The van der Waals surface area contributed by atoms with Crippen molar-refractivity contribution in [1.82, 2.24) is 25.0 Å². The van der Waals surface area contributed by atoms with E-state index in [0.29, 0.717) is 6.04 Å². The predicted molar refractivity (Wildman–Crippen MR) is 100 cm³/mol. The summed E-state index contributed by atoms with van der Waals surface area (Å²) < 4.78 is 6.07. The fourth-order valence-electron chi connectivity index (χ4n) is 3.60. The molecule has 1 fully saturated rings. The minimum atomic E-state index is 0.562. The number of likely N-dealkylation sites (tertiary alicyclic amines) is 1. The van der Waals surface area contributed by atoms with Gasteiger partial charge in [0.15, 0.2) is 5.76 Å². The second kappa shape index (κ2) is 7.85. The number of hydrogen-bond acceptors (Lipinski definition) is 5. The van der Waals surface area contributed by atoms with Gasteiger partial charge in [-0.25, -0.2) is 0 Å². The fraction of sp³-hybridized carbons (Fsp3) is 0.400. The molecule has 0 aromatic carbocycles. The third-order valence-electron chi connectivity index (χ3n) is 5.10. The van der Waals surface area contributed by atoms with Crippen LogP contribution in [0.5, 0.6) is 0 Å². The number of nitrogens with one attached hydrogen (secondary N) is 1. The molecule has 0 unspecified atom stereocenters. The number of pyridine rings is 1. The summed E-state index contributed by atoms with van der Waals surface area (Å²) in [5.74, 6) is 1.82. The summed E-state index contributed by atoms with van der Waals surface area (Å²) >= 11 is 0. The summed E-state index contributed by atoms with van der Waals surface area (Å²) in [5, 5.41) is 6.96. The molecule has 3 aromatic rings. The number of hydrogen-bond donors (Lipinski definition) is 1. The average Bonchev–Trinajstić information content (AvgIpc) is 3.34. The number of H-pyrrole nitrogens is 1. The Hall–Kier alpha value is -2.44. The van der Waals surface area contributed by atoms with Crippen molar-refractivity contribution in [1.29, 1.82) is 0 Å². The summed E-state index contributed by atoms with van der Waals surface area (Å²) in [6, 6.07) is 10.7. The summed E-state index contributed by atoms with van der Waals surface area (Å²) in [5.41, 5.74) is 2.15. The molecule has 0 saturated carbocycles. The highest BCUT2D eigenvalue weighted by molar-refractivity contribution is 5.51. The van der Waals surface area contributed by atoms with E-state index < -0.39 is 0 Å². The van der Waals surface area contributed by atoms with Gasteiger partial charge in [-0.1, -0.05) is 6.07 Å². The van der Waals surface area contributed by atoms with Crippen molar-refractivity contribution in [3.8, 4) is 11.5 Å². The van der Waals surface area contributed by atoms with Crippen LogP contribution in [0.2, 0.25) is 0 Å². The molecule has 0 spiro atoms. The van der Waals surface area contributed by atoms with E-state index >= 15 is 0 Å². The molecule has 1 saturated heterocycles. The van der Waals surface area contributed by atoms with Gasteiger partial charge in [0, 0.05) is 31.2 Å². The molecular formula is C20H25N5O. The molecule has 0 aliphatic carbocycles. The molecule has 0 bridgehead atoms. The zero-order valence-electron chi connectivity index (χ0n) is 15.1. The van der Waals surface area contributed by atoms with E-state index in [2.05, 4.69) is 44.2 Å². The van der Waals surface area contributed by atoms with Gasteiger partial charge >= 0.3 is 0 Å². The molecular weight excluding hydrogens is 326 g/mol. The van der Waals surface area contributed by atoms with Crippen molar-refractivity contribution in [3.63, 3.8) is 0 Å². The maximum absolute atomic E-state index is 6.07. The predicted octanol–water partition coefficient (Wildman–Crippen LogP) is 3.16. The maximum Gasteiger partial charge on any atom is 0.152 e. The van der Waals surface area contributed by atoms with Crippen LogP contribution in [0.3, 0.4) is 0 Å². The molecule has 4 rings (SSSR count). The lowest BCUT2D eigenvalue weighted by Crippen LogP contribution is -2.43. The number of nitrogens with zero attached hydrogens (tertiary/aromatic N) is 4. The average molecular weight is 351 g/mol. The van der Waals surface area contributed by atoms with E-state index in [-0.39, 0.29) is 0 Å². The van der Waals surface area contributed by atoms with Gasteiger partial charge in [0.25, 0.3) is 0 Å². The van der Waals surface area contributed by atoms with Gasteiger partial charge in [-0.15, -0.1) is 0 Å². The Balaban J connectivity index is 1.50. The lowest BCUT2D eigenvalue weighted by Gasteiger charge is -2.37. The third-order valence-corrected chi connectivity index (χ3v) is 5.10. The van der Waals surface area contributed by atoms with Gasteiger partial charge in [0.2, 0.25) is 0 Å². The van der Waals surface area contributed by atoms with Gasteiger partial charge in [0.05, 0.1) is 6.54 Å². The second-order valence-electron chi connectivity index (χ2n) is 7.04. The summed E-state index contributed by atoms with van der Waals surface area (Å²) in [6.07, 6.45) is 7.90. The monoisotopic (exact) mass is 351 g/mol. The Morgan fingerprint density at radius 2 is 2.04 bits per heavy atom. The molecule has 6 nitrogen and oxygen atoms in total. The Labute approximate surface area is 153 Å². The molecule has 136 valence electrons. The molecule has 1 aliphatic heterocycles. The molecule has 26 heavy (non-hydrogen) atoms. The Morgan fingerprint density at radius 1 is 1.15 bits per heavy atom. The van der Waals surface area contributed by atoms with Gasteiger partial charge < -0.3 is 9.32 Å². The minimum Gasteiger partial charge on any atom is -0.458 e. The number of furan rings is 1. The fourth-order valence-corrected chi connectivity index (χ4v) is 3.60. The maximum atomic E-state index is 6.07. The van der Waals surface area contributed by atoms with E-state index in [1.54, 1.807) is 6.20 Å². The Kier molecular flexibility index (Phi) is 5.13. The van der Waals surface area contributed by atoms with E-state index in [4.69, 9.17) is 4.42 Å². The van der Waals surface area contributed by atoms with E-state index in [0.717, 1.165) is 43.4 Å². The number of piperidine rings is 1. The van der Waals surface area contributed by atoms with Gasteiger partial charge in [-0.2, -0.15) is 5.10 Å². The van der Waals surface area contributed by atoms with Gasteiger partial charge in [0.1, 0.15) is 11.5 Å². The molecule has 1 N–H and O–H groups in total. The van der Waals surface area contributed by atoms with Crippen LogP contribution in [0.4, 0.5) is 0 Å². The van der Waals surface area contributed by atoms with Crippen molar-refractivity contribution in [2.24, 2.45) is 0 Å². The smallest absolute Gasteiger partial charge is 0.152 e. The second-order valence-corrected chi connectivity index (χ2v) is 7.04. The van der Waals surface area contributed by atoms with Crippen molar-refractivity contribution >= 4 is 0 Å². The SMILES string of the molecule is CN1CCC(N(Cc2cccnc2)Cc2ccc(-c3ccn[nH]3)o2)CC1.